The summed E-state index contributed by atoms with van der Waals surface area (Å²) in [6, 6.07) is 9.56. The number of nitrogens with zero attached hydrogens (tertiary/aromatic N) is 1. The Morgan fingerprint density at radius 1 is 1.26 bits per heavy atom. The third-order valence-electron chi connectivity index (χ3n) is 3.09. The van der Waals surface area contributed by atoms with Crippen molar-refractivity contribution in [1.82, 2.24) is 0 Å². The molecule has 1 amide bonds. The molecule has 102 valence electrons. The van der Waals surface area contributed by atoms with Gasteiger partial charge in [0.15, 0.2) is 0 Å². The van der Waals surface area contributed by atoms with Crippen molar-refractivity contribution in [3.63, 3.8) is 0 Å². The Labute approximate surface area is 119 Å². The molecule has 0 aliphatic rings. The number of hydrogen-bond acceptors (Lipinski definition) is 2. The van der Waals surface area contributed by atoms with E-state index in [-0.39, 0.29) is 11.8 Å². The number of carbonyl (C=O) groups excluding carboxylic acids is 1. The molecule has 0 bridgehead atoms. The van der Waals surface area contributed by atoms with Crippen molar-refractivity contribution in [3.8, 4) is 6.07 Å². The molecule has 0 aromatic heterocycles. The zero-order valence-corrected chi connectivity index (χ0v) is 12.5. The van der Waals surface area contributed by atoms with Crippen molar-refractivity contribution in [3.05, 3.63) is 29.8 Å². The molecule has 0 heterocycles. The fourth-order valence-corrected chi connectivity index (χ4v) is 1.52. The van der Waals surface area contributed by atoms with E-state index in [9.17, 15) is 4.79 Å². The Bertz CT molecular complexity index is 498. The zero-order valence-electron chi connectivity index (χ0n) is 11.7. The highest BCUT2D eigenvalue weighted by Gasteiger charge is 2.26. The van der Waals surface area contributed by atoms with Crippen LogP contribution in [-0.2, 0) is 10.2 Å². The van der Waals surface area contributed by atoms with Gasteiger partial charge in [-0.2, -0.15) is 5.26 Å². The molecule has 0 aliphatic carbocycles. The Balaban J connectivity index is 2.85. The van der Waals surface area contributed by atoms with Crippen molar-refractivity contribution in [2.24, 2.45) is 5.41 Å². The largest absolute Gasteiger partial charge is 0.326 e. The highest BCUT2D eigenvalue weighted by Crippen LogP contribution is 2.25. The fraction of sp³-hybridized carbons (Fsp3) is 0.467. The summed E-state index contributed by atoms with van der Waals surface area (Å²) in [5.74, 6) is 0.146. The minimum atomic E-state index is -0.605. The second-order valence-corrected chi connectivity index (χ2v) is 6.05. The number of amides is 1. The molecule has 1 rings (SSSR count). The summed E-state index contributed by atoms with van der Waals surface area (Å²) < 4.78 is 0. The average molecular weight is 279 g/mol. The van der Waals surface area contributed by atoms with Gasteiger partial charge in [-0.25, -0.2) is 0 Å². The van der Waals surface area contributed by atoms with Gasteiger partial charge in [-0.3, -0.25) is 4.79 Å². The highest BCUT2D eigenvalue weighted by atomic mass is 35.5. The van der Waals surface area contributed by atoms with Gasteiger partial charge >= 0.3 is 0 Å². The van der Waals surface area contributed by atoms with E-state index in [0.29, 0.717) is 5.69 Å². The molecule has 0 aliphatic heterocycles. The third kappa shape index (κ3) is 3.71. The summed E-state index contributed by atoms with van der Waals surface area (Å²) in [5, 5.41) is 11.9. The number of benzene rings is 1. The van der Waals surface area contributed by atoms with Crippen LogP contribution >= 0.6 is 11.6 Å². The standard InChI is InChI=1S/C15H19ClN2O/c1-14(2,9-16)13(19)18-12-7-5-11(6-8-12)15(3,4)10-17/h5-8H,9H2,1-4H3,(H,18,19). The van der Waals surface area contributed by atoms with Gasteiger partial charge in [0, 0.05) is 11.6 Å². The molecule has 0 unspecified atom stereocenters. The first-order chi connectivity index (χ1) is 8.73. The molecule has 0 spiro atoms. The summed E-state index contributed by atoms with van der Waals surface area (Å²) in [5.41, 5.74) is 0.495. The predicted octanol–water partition coefficient (Wildman–Crippen LogP) is 3.69. The van der Waals surface area contributed by atoms with E-state index in [1.165, 1.54) is 0 Å². The summed E-state index contributed by atoms with van der Waals surface area (Å²) in [4.78, 5) is 12.0. The average Bonchev–Trinajstić information content (AvgIpc) is 2.39. The molecular weight excluding hydrogens is 260 g/mol. The molecule has 19 heavy (non-hydrogen) atoms. The lowest BCUT2D eigenvalue weighted by Crippen LogP contribution is -2.32. The van der Waals surface area contributed by atoms with E-state index < -0.39 is 10.8 Å². The molecule has 3 nitrogen and oxygen atoms in total. The second kappa shape index (κ2) is 5.63. The van der Waals surface area contributed by atoms with Gasteiger partial charge in [0.25, 0.3) is 0 Å². The van der Waals surface area contributed by atoms with E-state index in [1.807, 2.05) is 26.0 Å². The maximum Gasteiger partial charge on any atom is 0.231 e. The molecule has 4 heteroatoms. The smallest absolute Gasteiger partial charge is 0.231 e. The van der Waals surface area contributed by atoms with Crippen molar-refractivity contribution < 1.29 is 4.79 Å². The molecular formula is C15H19ClN2O. The molecule has 0 saturated carbocycles. The van der Waals surface area contributed by atoms with Gasteiger partial charge < -0.3 is 5.32 Å². The first-order valence-corrected chi connectivity index (χ1v) is 6.65. The van der Waals surface area contributed by atoms with Crippen LogP contribution in [0.1, 0.15) is 33.3 Å². The van der Waals surface area contributed by atoms with Gasteiger partial charge in [-0.1, -0.05) is 12.1 Å². The van der Waals surface area contributed by atoms with Gasteiger partial charge in [-0.15, -0.1) is 11.6 Å². The van der Waals surface area contributed by atoms with Crippen LogP contribution in [0.2, 0.25) is 0 Å². The first-order valence-electron chi connectivity index (χ1n) is 6.12. The lowest BCUT2D eigenvalue weighted by molar-refractivity contribution is -0.122. The lowest BCUT2D eigenvalue weighted by atomic mass is 9.86. The molecule has 0 atom stereocenters. The SMILES string of the molecule is CC(C)(CCl)C(=O)Nc1ccc(C(C)(C)C#N)cc1. The van der Waals surface area contributed by atoms with Crippen molar-refractivity contribution >= 4 is 23.2 Å². The Hall–Kier alpha value is -1.53. The van der Waals surface area contributed by atoms with Gasteiger partial charge in [0.1, 0.15) is 0 Å². The molecule has 1 N–H and O–H groups in total. The number of anilines is 1. The predicted molar refractivity (Wildman–Crippen MR) is 78.2 cm³/mol. The zero-order chi connectivity index (χ0) is 14.7. The van der Waals surface area contributed by atoms with E-state index >= 15 is 0 Å². The van der Waals surface area contributed by atoms with Crippen LogP contribution in [0, 0.1) is 16.7 Å². The van der Waals surface area contributed by atoms with Crippen LogP contribution < -0.4 is 5.32 Å². The molecule has 0 radical (unpaired) electrons. The van der Waals surface area contributed by atoms with Gasteiger partial charge in [-0.05, 0) is 45.4 Å². The van der Waals surface area contributed by atoms with Crippen LogP contribution in [0.4, 0.5) is 5.69 Å². The van der Waals surface area contributed by atoms with Crippen molar-refractivity contribution in [2.75, 3.05) is 11.2 Å². The molecule has 1 aromatic rings. The van der Waals surface area contributed by atoms with Crippen molar-refractivity contribution in [1.29, 1.82) is 5.26 Å². The molecule has 0 saturated heterocycles. The minimum Gasteiger partial charge on any atom is -0.326 e. The number of hydrogen-bond donors (Lipinski definition) is 1. The van der Waals surface area contributed by atoms with Crippen LogP contribution in [-0.4, -0.2) is 11.8 Å². The van der Waals surface area contributed by atoms with Crippen molar-refractivity contribution in [2.45, 2.75) is 33.1 Å². The van der Waals surface area contributed by atoms with Crippen LogP contribution in [0.3, 0.4) is 0 Å². The molecule has 0 fully saturated rings. The van der Waals surface area contributed by atoms with Gasteiger partial charge in [0.05, 0.1) is 16.9 Å². The molecule has 1 aromatic carbocycles. The number of halogens is 1. The third-order valence-corrected chi connectivity index (χ3v) is 3.76. The number of nitrogens with one attached hydrogen (secondary N) is 1. The Morgan fingerprint density at radius 2 is 1.79 bits per heavy atom. The van der Waals surface area contributed by atoms with Crippen LogP contribution in [0.5, 0.6) is 0 Å². The van der Waals surface area contributed by atoms with Crippen LogP contribution in [0.25, 0.3) is 0 Å². The topological polar surface area (TPSA) is 52.9 Å². The maximum atomic E-state index is 12.0. The first kappa shape index (κ1) is 15.5. The number of nitriles is 1. The Kier molecular flexibility index (Phi) is 4.60. The normalized spacial score (nSPS) is 11.8. The summed E-state index contributed by atoms with van der Waals surface area (Å²) in [7, 11) is 0. The highest BCUT2D eigenvalue weighted by molar-refractivity contribution is 6.20. The number of alkyl halides is 1. The number of rotatable bonds is 4. The van der Waals surface area contributed by atoms with Gasteiger partial charge in [0.2, 0.25) is 5.91 Å². The quantitative estimate of drug-likeness (QED) is 0.854. The van der Waals surface area contributed by atoms with Crippen LogP contribution in [0.15, 0.2) is 24.3 Å². The number of carbonyl (C=O) groups is 1. The maximum absolute atomic E-state index is 12.0. The Morgan fingerprint density at radius 3 is 2.21 bits per heavy atom. The minimum absolute atomic E-state index is 0.116. The summed E-state index contributed by atoms with van der Waals surface area (Å²) in [6.45, 7) is 7.30. The summed E-state index contributed by atoms with van der Waals surface area (Å²) in [6.07, 6.45) is 0. The fourth-order valence-electron chi connectivity index (χ4n) is 1.40. The lowest BCUT2D eigenvalue weighted by Gasteiger charge is -2.21. The summed E-state index contributed by atoms with van der Waals surface area (Å²) >= 11 is 5.76. The second-order valence-electron chi connectivity index (χ2n) is 5.79. The van der Waals surface area contributed by atoms with E-state index in [0.717, 1.165) is 5.56 Å². The van der Waals surface area contributed by atoms with E-state index in [4.69, 9.17) is 16.9 Å². The monoisotopic (exact) mass is 278 g/mol. The van der Waals surface area contributed by atoms with E-state index in [1.54, 1.807) is 26.0 Å². The van der Waals surface area contributed by atoms with E-state index in [2.05, 4.69) is 11.4 Å².